The molecule has 2 aromatic rings. The van der Waals surface area contributed by atoms with Gasteiger partial charge in [0.25, 0.3) is 11.5 Å². The Hall–Kier alpha value is -1.44. The number of amides is 1. The van der Waals surface area contributed by atoms with E-state index in [1.54, 1.807) is 0 Å². The van der Waals surface area contributed by atoms with Crippen molar-refractivity contribution >= 4 is 39.9 Å². The summed E-state index contributed by atoms with van der Waals surface area (Å²) in [6.45, 7) is 3.85. The van der Waals surface area contributed by atoms with E-state index in [1.807, 2.05) is 16.4 Å². The molecular weight excluding hydrogens is 372 g/mol. The van der Waals surface area contributed by atoms with Crippen LogP contribution in [0.4, 0.5) is 0 Å². The van der Waals surface area contributed by atoms with E-state index in [0.717, 1.165) is 63.0 Å². The number of thiophene rings is 1. The molecule has 2 aliphatic heterocycles. The maximum atomic E-state index is 13.0. The van der Waals surface area contributed by atoms with Crippen molar-refractivity contribution in [2.75, 3.05) is 13.1 Å². The fraction of sp³-hybridized carbons (Fsp3) is 0.611. The summed E-state index contributed by atoms with van der Waals surface area (Å²) < 4.78 is 1.82. The molecule has 0 saturated carbocycles. The fourth-order valence-corrected chi connectivity index (χ4v) is 5.24. The van der Waals surface area contributed by atoms with Crippen LogP contribution in [0.2, 0.25) is 0 Å². The molecule has 2 N–H and O–H groups in total. The van der Waals surface area contributed by atoms with Crippen LogP contribution in [0.5, 0.6) is 0 Å². The quantitative estimate of drug-likeness (QED) is 0.845. The minimum atomic E-state index is 0. The molecule has 0 aliphatic carbocycles. The largest absolute Gasteiger partial charge is 0.334 e. The van der Waals surface area contributed by atoms with Gasteiger partial charge in [-0.05, 0) is 38.2 Å². The lowest BCUT2D eigenvalue weighted by molar-refractivity contribution is 0.0745. The Kier molecular flexibility index (Phi) is 5.69. The highest BCUT2D eigenvalue weighted by Crippen LogP contribution is 2.31. The third-order valence-electron chi connectivity index (χ3n) is 5.52. The summed E-state index contributed by atoms with van der Waals surface area (Å²) in [5, 5.41) is 0.627. The van der Waals surface area contributed by atoms with Crippen LogP contribution in [0.1, 0.15) is 53.2 Å². The maximum absolute atomic E-state index is 13.0. The van der Waals surface area contributed by atoms with Crippen LogP contribution in [0.3, 0.4) is 0 Å². The fourth-order valence-electron chi connectivity index (χ4n) is 4.09. The van der Waals surface area contributed by atoms with Gasteiger partial charge in [-0.2, -0.15) is 0 Å². The Morgan fingerprint density at radius 1 is 1.27 bits per heavy atom. The third kappa shape index (κ3) is 3.06. The van der Waals surface area contributed by atoms with Crippen molar-refractivity contribution in [1.82, 2.24) is 14.5 Å². The zero-order valence-electron chi connectivity index (χ0n) is 15.0. The van der Waals surface area contributed by atoms with Gasteiger partial charge in [-0.1, -0.05) is 6.42 Å². The lowest BCUT2D eigenvalue weighted by Gasteiger charge is -2.23. The number of halogens is 1. The Bertz CT molecular complexity index is 891. The van der Waals surface area contributed by atoms with E-state index >= 15 is 0 Å². The Morgan fingerprint density at radius 3 is 2.85 bits per heavy atom. The van der Waals surface area contributed by atoms with Crippen molar-refractivity contribution in [2.45, 2.75) is 58.0 Å². The highest BCUT2D eigenvalue weighted by atomic mass is 35.5. The molecule has 4 heterocycles. The summed E-state index contributed by atoms with van der Waals surface area (Å²) >= 11 is 1.37. The smallest absolute Gasteiger partial charge is 0.264 e. The Labute approximate surface area is 162 Å². The zero-order valence-corrected chi connectivity index (χ0v) is 16.6. The highest BCUT2D eigenvalue weighted by Gasteiger charge is 2.31. The SMILES string of the molecule is Cc1c(C(=O)N2CCCC2CN)sc2nc3n(c(=O)c12)CCCCC3.Cl. The van der Waals surface area contributed by atoms with Crippen LogP contribution in [-0.4, -0.2) is 39.5 Å². The standard InChI is InChI=1S/C18H24N4O2S.ClH/c1-11-14-16(20-13-7-3-2-4-8-22(13)17(14)23)25-15(11)18(24)21-9-5-6-12(21)10-19;/h12H,2-10,19H2,1H3;1H. The van der Waals surface area contributed by atoms with Crippen LogP contribution in [0, 0.1) is 6.92 Å². The number of rotatable bonds is 2. The molecule has 1 fully saturated rings. The number of aryl methyl sites for hydroxylation is 2. The van der Waals surface area contributed by atoms with Crippen molar-refractivity contribution in [3.05, 3.63) is 26.6 Å². The summed E-state index contributed by atoms with van der Waals surface area (Å²) in [7, 11) is 0. The molecule has 0 radical (unpaired) electrons. The molecule has 0 bridgehead atoms. The molecule has 0 spiro atoms. The molecule has 0 aromatic carbocycles. The number of carbonyl (C=O) groups is 1. The van der Waals surface area contributed by atoms with E-state index in [-0.39, 0.29) is 29.9 Å². The van der Waals surface area contributed by atoms with Crippen LogP contribution in [-0.2, 0) is 13.0 Å². The summed E-state index contributed by atoms with van der Waals surface area (Å²) in [6.07, 6.45) is 6.01. The van der Waals surface area contributed by atoms with Crippen molar-refractivity contribution in [1.29, 1.82) is 0 Å². The molecule has 1 saturated heterocycles. The topological polar surface area (TPSA) is 81.2 Å². The number of carbonyl (C=O) groups excluding carboxylic acids is 1. The zero-order chi connectivity index (χ0) is 17.6. The maximum Gasteiger partial charge on any atom is 0.264 e. The minimum Gasteiger partial charge on any atom is -0.334 e. The summed E-state index contributed by atoms with van der Waals surface area (Å²) in [6, 6.07) is 0.114. The van der Waals surface area contributed by atoms with Gasteiger partial charge in [-0.3, -0.25) is 14.2 Å². The minimum absolute atomic E-state index is 0. The van der Waals surface area contributed by atoms with Gasteiger partial charge in [-0.25, -0.2) is 4.98 Å². The van der Waals surface area contributed by atoms with Gasteiger partial charge in [0, 0.05) is 32.1 Å². The second-order valence-electron chi connectivity index (χ2n) is 7.06. The van der Waals surface area contributed by atoms with Gasteiger partial charge in [0.05, 0.1) is 10.3 Å². The number of hydrogen-bond donors (Lipinski definition) is 1. The number of hydrogen-bond acceptors (Lipinski definition) is 5. The van der Waals surface area contributed by atoms with Crippen LogP contribution in [0.15, 0.2) is 4.79 Å². The monoisotopic (exact) mass is 396 g/mol. The molecule has 1 atom stereocenters. The van der Waals surface area contributed by atoms with E-state index in [1.165, 1.54) is 11.3 Å². The van der Waals surface area contributed by atoms with Gasteiger partial charge < -0.3 is 10.6 Å². The average Bonchev–Trinajstić information content (AvgIpc) is 3.12. The first kappa shape index (κ1) is 19.3. The molecule has 142 valence electrons. The molecule has 2 aromatic heterocycles. The second kappa shape index (κ2) is 7.66. The van der Waals surface area contributed by atoms with Crippen LogP contribution < -0.4 is 11.3 Å². The van der Waals surface area contributed by atoms with Crippen molar-refractivity contribution in [3.8, 4) is 0 Å². The number of fused-ring (bicyclic) bond motifs is 2. The van der Waals surface area contributed by atoms with E-state index in [4.69, 9.17) is 10.7 Å². The predicted octanol–water partition coefficient (Wildman–Crippen LogP) is 2.48. The third-order valence-corrected chi connectivity index (χ3v) is 6.69. The normalized spacial score (nSPS) is 19.9. The van der Waals surface area contributed by atoms with Crippen molar-refractivity contribution in [3.63, 3.8) is 0 Å². The first-order valence-corrected chi connectivity index (χ1v) is 9.97. The molecular formula is C18H25ClN4O2S. The lowest BCUT2D eigenvalue weighted by Crippen LogP contribution is -2.39. The van der Waals surface area contributed by atoms with E-state index in [0.29, 0.717) is 21.6 Å². The first-order valence-electron chi connectivity index (χ1n) is 9.15. The highest BCUT2D eigenvalue weighted by molar-refractivity contribution is 7.20. The average molecular weight is 397 g/mol. The number of likely N-dealkylation sites (tertiary alicyclic amines) is 1. The van der Waals surface area contributed by atoms with Gasteiger partial charge in [-0.15, -0.1) is 23.7 Å². The Balaban J connectivity index is 0.00000196. The second-order valence-corrected chi connectivity index (χ2v) is 8.06. The number of nitrogens with two attached hydrogens (primary N) is 1. The first-order chi connectivity index (χ1) is 12.1. The summed E-state index contributed by atoms with van der Waals surface area (Å²) in [5.41, 5.74) is 6.62. The van der Waals surface area contributed by atoms with Crippen LogP contribution >= 0.6 is 23.7 Å². The summed E-state index contributed by atoms with van der Waals surface area (Å²) in [4.78, 5) is 34.0. The number of aromatic nitrogens is 2. The molecule has 4 rings (SSSR count). The molecule has 6 nitrogen and oxygen atoms in total. The van der Waals surface area contributed by atoms with E-state index in [2.05, 4.69) is 0 Å². The van der Waals surface area contributed by atoms with Gasteiger partial charge in [0.1, 0.15) is 10.7 Å². The van der Waals surface area contributed by atoms with E-state index < -0.39 is 0 Å². The predicted molar refractivity (Wildman–Crippen MR) is 107 cm³/mol. The Morgan fingerprint density at radius 2 is 2.08 bits per heavy atom. The van der Waals surface area contributed by atoms with Crippen molar-refractivity contribution < 1.29 is 4.79 Å². The molecule has 1 unspecified atom stereocenters. The van der Waals surface area contributed by atoms with Gasteiger partial charge >= 0.3 is 0 Å². The van der Waals surface area contributed by atoms with E-state index in [9.17, 15) is 9.59 Å². The number of nitrogens with zero attached hydrogens (tertiary/aromatic N) is 3. The molecule has 8 heteroatoms. The summed E-state index contributed by atoms with van der Waals surface area (Å²) in [5.74, 6) is 0.879. The molecule has 26 heavy (non-hydrogen) atoms. The molecule has 2 aliphatic rings. The van der Waals surface area contributed by atoms with Crippen molar-refractivity contribution in [2.24, 2.45) is 5.73 Å². The van der Waals surface area contributed by atoms with Gasteiger partial charge in [0.15, 0.2) is 0 Å². The molecule has 1 amide bonds. The van der Waals surface area contributed by atoms with Gasteiger partial charge in [0.2, 0.25) is 0 Å². The van der Waals surface area contributed by atoms with Crippen LogP contribution in [0.25, 0.3) is 10.2 Å². The lowest BCUT2D eigenvalue weighted by atomic mass is 10.1.